The summed E-state index contributed by atoms with van der Waals surface area (Å²) >= 11 is 0. The fourth-order valence-electron chi connectivity index (χ4n) is 2.68. The number of methoxy groups -OCH3 is 1. The molecule has 0 unspecified atom stereocenters. The van der Waals surface area contributed by atoms with Crippen LogP contribution >= 0.6 is 0 Å². The van der Waals surface area contributed by atoms with Crippen LogP contribution in [0.5, 0.6) is 5.75 Å². The van der Waals surface area contributed by atoms with E-state index in [4.69, 9.17) is 10.5 Å². The van der Waals surface area contributed by atoms with Crippen molar-refractivity contribution < 1.29 is 22.7 Å². The summed E-state index contributed by atoms with van der Waals surface area (Å²) in [5, 5.41) is 6.50. The third kappa shape index (κ3) is 5.91. The van der Waals surface area contributed by atoms with Crippen LogP contribution in [0.2, 0.25) is 0 Å². The van der Waals surface area contributed by atoms with Gasteiger partial charge in [0.2, 0.25) is 0 Å². The Morgan fingerprint density at radius 3 is 2.50 bits per heavy atom. The van der Waals surface area contributed by atoms with Crippen molar-refractivity contribution >= 4 is 6.29 Å². The first-order chi connectivity index (χ1) is 14.3. The predicted molar refractivity (Wildman–Crippen MR) is 108 cm³/mol. The number of aldehydes is 1. The Labute approximate surface area is 172 Å². The zero-order valence-corrected chi connectivity index (χ0v) is 16.6. The average molecular weight is 420 g/mol. The van der Waals surface area contributed by atoms with Crippen LogP contribution in [-0.4, -0.2) is 30.2 Å². The molecule has 0 fully saturated rings. The van der Waals surface area contributed by atoms with Crippen molar-refractivity contribution in [3.05, 3.63) is 77.1 Å². The van der Waals surface area contributed by atoms with Gasteiger partial charge in [0.25, 0.3) is 0 Å². The van der Waals surface area contributed by atoms with Crippen LogP contribution in [0.3, 0.4) is 0 Å². The van der Waals surface area contributed by atoms with Gasteiger partial charge in [0.15, 0.2) is 12.0 Å². The number of hydrogen-bond acceptors (Lipinski definition) is 5. The number of rotatable bonds is 6. The summed E-state index contributed by atoms with van der Waals surface area (Å²) in [6.45, 7) is 1.10. The van der Waals surface area contributed by atoms with Crippen molar-refractivity contribution in [3.8, 4) is 11.4 Å². The van der Waals surface area contributed by atoms with E-state index in [9.17, 15) is 18.0 Å². The molecule has 0 aliphatic carbocycles. The number of ether oxygens (including phenoxy) is 1. The van der Waals surface area contributed by atoms with Gasteiger partial charge in [-0.3, -0.25) is 4.79 Å². The molecule has 30 heavy (non-hydrogen) atoms. The molecule has 0 spiro atoms. The lowest BCUT2D eigenvalue weighted by Crippen LogP contribution is -2.08. The van der Waals surface area contributed by atoms with Crippen LogP contribution in [0.25, 0.3) is 5.69 Å². The summed E-state index contributed by atoms with van der Waals surface area (Å²) in [4.78, 5) is 10.8. The highest BCUT2D eigenvalue weighted by molar-refractivity contribution is 5.73. The molecule has 2 aromatic carbocycles. The maximum atomic E-state index is 12.6. The van der Waals surface area contributed by atoms with Crippen molar-refractivity contribution in [1.82, 2.24) is 15.1 Å². The SMILES string of the molecule is CNCc1ccccc1OC.NCc1cccc(-n2nc(C(F)(F)F)cc2C=O)c1. The lowest BCUT2D eigenvalue weighted by atomic mass is 10.2. The molecule has 0 aliphatic heterocycles. The molecule has 6 nitrogen and oxygen atoms in total. The van der Waals surface area contributed by atoms with E-state index >= 15 is 0 Å². The minimum Gasteiger partial charge on any atom is -0.496 e. The summed E-state index contributed by atoms with van der Waals surface area (Å²) in [6, 6.07) is 15.2. The molecule has 1 heterocycles. The highest BCUT2D eigenvalue weighted by Crippen LogP contribution is 2.29. The molecule has 0 aliphatic rings. The molecule has 0 radical (unpaired) electrons. The van der Waals surface area contributed by atoms with E-state index in [1.165, 1.54) is 5.56 Å². The molecule has 0 amide bonds. The van der Waals surface area contributed by atoms with E-state index in [0.29, 0.717) is 18.0 Å². The zero-order chi connectivity index (χ0) is 22.1. The number of nitrogens with two attached hydrogens (primary N) is 1. The lowest BCUT2D eigenvalue weighted by molar-refractivity contribution is -0.141. The van der Waals surface area contributed by atoms with E-state index in [2.05, 4.69) is 16.5 Å². The van der Waals surface area contributed by atoms with Gasteiger partial charge >= 0.3 is 6.18 Å². The molecule has 0 saturated carbocycles. The van der Waals surface area contributed by atoms with Crippen LogP contribution in [0, 0.1) is 0 Å². The molecule has 0 atom stereocenters. The van der Waals surface area contributed by atoms with Crippen molar-refractivity contribution in [1.29, 1.82) is 0 Å². The molecule has 0 saturated heterocycles. The number of aromatic nitrogens is 2. The van der Waals surface area contributed by atoms with Gasteiger partial charge in [-0.2, -0.15) is 18.3 Å². The standard InChI is InChI=1S/C12H10F3N3O.C9H13NO/c13-12(14,15)11-5-10(7-19)18(17-11)9-3-1-2-8(4-9)6-16;1-10-7-8-5-3-4-6-9(8)11-2/h1-5,7H,6,16H2;3-6,10H,7H2,1-2H3. The number of hydrogen-bond donors (Lipinski definition) is 2. The highest BCUT2D eigenvalue weighted by atomic mass is 19.4. The second kappa shape index (κ2) is 10.6. The monoisotopic (exact) mass is 420 g/mol. The summed E-state index contributed by atoms with van der Waals surface area (Å²) in [5.74, 6) is 0.946. The number of para-hydroxylation sites is 1. The van der Waals surface area contributed by atoms with Gasteiger partial charge in [-0.15, -0.1) is 0 Å². The number of carbonyl (C=O) groups is 1. The molecule has 3 rings (SSSR count). The Hall–Kier alpha value is -3.17. The number of benzene rings is 2. The minimum atomic E-state index is -4.59. The van der Waals surface area contributed by atoms with E-state index in [1.807, 2.05) is 25.2 Å². The van der Waals surface area contributed by atoms with Crippen LogP contribution in [-0.2, 0) is 19.3 Å². The molecular weight excluding hydrogens is 397 g/mol. The van der Waals surface area contributed by atoms with E-state index < -0.39 is 11.9 Å². The number of halogens is 3. The zero-order valence-electron chi connectivity index (χ0n) is 16.6. The number of carbonyl (C=O) groups excluding carboxylic acids is 1. The largest absolute Gasteiger partial charge is 0.496 e. The fraction of sp³-hybridized carbons (Fsp3) is 0.238. The Bertz CT molecular complexity index is 971. The summed E-state index contributed by atoms with van der Waals surface area (Å²) < 4.78 is 43.8. The molecule has 3 N–H and O–H groups in total. The summed E-state index contributed by atoms with van der Waals surface area (Å²) in [6.07, 6.45) is -4.26. The second-order valence-corrected chi connectivity index (χ2v) is 6.20. The van der Waals surface area contributed by atoms with Gasteiger partial charge in [-0.05, 0) is 36.9 Å². The Kier molecular flexibility index (Phi) is 8.14. The van der Waals surface area contributed by atoms with Crippen molar-refractivity contribution in [3.63, 3.8) is 0 Å². The molecular formula is C21H23F3N4O2. The molecule has 0 bridgehead atoms. The number of nitrogens with one attached hydrogen (secondary N) is 1. The van der Waals surface area contributed by atoms with Gasteiger partial charge in [0.05, 0.1) is 12.8 Å². The topological polar surface area (TPSA) is 82.2 Å². The normalized spacial score (nSPS) is 10.9. The number of nitrogens with zero attached hydrogens (tertiary/aromatic N) is 2. The van der Waals surface area contributed by atoms with Gasteiger partial charge < -0.3 is 15.8 Å². The minimum absolute atomic E-state index is 0.165. The van der Waals surface area contributed by atoms with Gasteiger partial charge in [0.1, 0.15) is 11.4 Å². The van der Waals surface area contributed by atoms with Crippen LogP contribution in [0.4, 0.5) is 13.2 Å². The molecule has 1 aromatic heterocycles. The van der Waals surface area contributed by atoms with Crippen LogP contribution in [0.15, 0.2) is 54.6 Å². The first kappa shape index (κ1) is 23.1. The molecule has 3 aromatic rings. The maximum Gasteiger partial charge on any atom is 0.435 e. The van der Waals surface area contributed by atoms with Gasteiger partial charge in [-0.25, -0.2) is 4.68 Å². The summed E-state index contributed by atoms with van der Waals surface area (Å²) in [5.41, 5.74) is 6.48. The first-order valence-corrected chi connectivity index (χ1v) is 9.02. The van der Waals surface area contributed by atoms with E-state index in [1.54, 1.807) is 31.4 Å². The van der Waals surface area contributed by atoms with E-state index in [0.717, 1.165) is 22.5 Å². The predicted octanol–water partition coefficient (Wildman–Crippen LogP) is 3.58. The Morgan fingerprint density at radius 1 is 1.17 bits per heavy atom. The van der Waals surface area contributed by atoms with Crippen LogP contribution < -0.4 is 15.8 Å². The second-order valence-electron chi connectivity index (χ2n) is 6.20. The van der Waals surface area contributed by atoms with Crippen molar-refractivity contribution in [2.75, 3.05) is 14.2 Å². The van der Waals surface area contributed by atoms with Crippen molar-refractivity contribution in [2.24, 2.45) is 5.73 Å². The highest BCUT2D eigenvalue weighted by Gasteiger charge is 2.35. The Morgan fingerprint density at radius 2 is 1.90 bits per heavy atom. The third-order valence-corrected chi connectivity index (χ3v) is 4.10. The first-order valence-electron chi connectivity index (χ1n) is 9.02. The number of alkyl halides is 3. The van der Waals surface area contributed by atoms with E-state index in [-0.39, 0.29) is 12.2 Å². The average Bonchev–Trinajstić information content (AvgIpc) is 3.20. The van der Waals surface area contributed by atoms with Crippen LogP contribution in [0.1, 0.15) is 27.3 Å². The quantitative estimate of drug-likeness (QED) is 0.596. The smallest absolute Gasteiger partial charge is 0.435 e. The maximum absolute atomic E-state index is 12.6. The molecule has 9 heteroatoms. The van der Waals surface area contributed by atoms with Gasteiger partial charge in [-0.1, -0.05) is 30.3 Å². The van der Waals surface area contributed by atoms with Gasteiger partial charge in [0, 0.05) is 18.7 Å². The Balaban J connectivity index is 0.000000248. The molecule has 160 valence electrons. The fourth-order valence-corrected chi connectivity index (χ4v) is 2.68. The summed E-state index contributed by atoms with van der Waals surface area (Å²) in [7, 11) is 3.61. The third-order valence-electron chi connectivity index (χ3n) is 4.10. The lowest BCUT2D eigenvalue weighted by Gasteiger charge is -2.06. The van der Waals surface area contributed by atoms with Crippen molar-refractivity contribution in [2.45, 2.75) is 19.3 Å².